The largest absolute Gasteiger partial charge is 0.438 e. The number of aromatic nitrogens is 4. The first-order chi connectivity index (χ1) is 14.7. The first-order valence-corrected chi connectivity index (χ1v) is 10.8. The molecule has 0 bridgehead atoms. The molecule has 8 heteroatoms. The minimum atomic E-state index is 0.625. The predicted octanol–water partition coefficient (Wildman–Crippen LogP) is 4.12. The summed E-state index contributed by atoms with van der Waals surface area (Å²) in [5.41, 5.74) is 2.21. The van der Waals surface area contributed by atoms with Crippen LogP contribution in [0.15, 0.2) is 43.0 Å². The van der Waals surface area contributed by atoms with Gasteiger partial charge in [0, 0.05) is 36.0 Å². The first kappa shape index (κ1) is 19.2. The van der Waals surface area contributed by atoms with Crippen molar-refractivity contribution in [1.29, 1.82) is 0 Å². The molecule has 0 amide bonds. The van der Waals surface area contributed by atoms with Crippen LogP contribution in [0.25, 0.3) is 15.9 Å². The van der Waals surface area contributed by atoms with E-state index in [1.807, 2.05) is 35.0 Å². The van der Waals surface area contributed by atoms with E-state index in [0.717, 1.165) is 53.8 Å². The molecule has 1 saturated heterocycles. The fourth-order valence-corrected chi connectivity index (χ4v) is 4.61. The van der Waals surface area contributed by atoms with Crippen molar-refractivity contribution < 1.29 is 9.47 Å². The molecule has 0 unspecified atom stereocenters. The van der Waals surface area contributed by atoms with Gasteiger partial charge in [-0.15, -0.1) is 11.3 Å². The number of hydrogen-bond donors (Lipinski definition) is 0. The van der Waals surface area contributed by atoms with Crippen LogP contribution in [0.2, 0.25) is 0 Å². The third-order valence-corrected chi connectivity index (χ3v) is 6.47. The Bertz CT molecular complexity index is 1150. The number of ether oxygens (including phenoxy) is 2. The van der Waals surface area contributed by atoms with Crippen molar-refractivity contribution in [3.63, 3.8) is 0 Å². The zero-order chi connectivity index (χ0) is 20.5. The predicted molar refractivity (Wildman–Crippen MR) is 117 cm³/mol. The summed E-state index contributed by atoms with van der Waals surface area (Å²) in [6.45, 7) is 8.23. The molecule has 1 aromatic carbocycles. The zero-order valence-corrected chi connectivity index (χ0v) is 17.9. The first-order valence-electron chi connectivity index (χ1n) is 10.0. The molecule has 0 N–H and O–H groups in total. The van der Waals surface area contributed by atoms with Gasteiger partial charge in [-0.3, -0.25) is 4.90 Å². The minimum Gasteiger partial charge on any atom is -0.438 e. The van der Waals surface area contributed by atoms with Gasteiger partial charge in [0.15, 0.2) is 0 Å². The Labute approximate surface area is 178 Å². The van der Waals surface area contributed by atoms with Gasteiger partial charge in [0.2, 0.25) is 5.88 Å². The van der Waals surface area contributed by atoms with Gasteiger partial charge in [0.1, 0.15) is 16.4 Å². The molecule has 1 aliphatic heterocycles. The molecule has 0 saturated carbocycles. The Morgan fingerprint density at radius 3 is 2.63 bits per heavy atom. The lowest BCUT2D eigenvalue weighted by atomic mass is 10.2. The molecule has 0 spiro atoms. The standard InChI is InChI=1S/C22H23N5O2S/c1-15-16(2)30-22-20(15)21(24-19(25-22)13-26-9-11-28-12-10-26)29-18-5-3-17(4-6-18)27-8-7-23-14-27/h3-8,14H,9-13H2,1-2H3. The van der Waals surface area contributed by atoms with Crippen molar-refractivity contribution in [3.05, 3.63) is 59.3 Å². The van der Waals surface area contributed by atoms with Crippen LogP contribution in [0.5, 0.6) is 11.6 Å². The summed E-state index contributed by atoms with van der Waals surface area (Å²) in [6, 6.07) is 7.94. The van der Waals surface area contributed by atoms with Gasteiger partial charge < -0.3 is 14.0 Å². The van der Waals surface area contributed by atoms with Crippen molar-refractivity contribution in [2.45, 2.75) is 20.4 Å². The van der Waals surface area contributed by atoms with E-state index >= 15 is 0 Å². The van der Waals surface area contributed by atoms with Crippen molar-refractivity contribution in [2.24, 2.45) is 0 Å². The third-order valence-electron chi connectivity index (χ3n) is 5.36. The molecular weight excluding hydrogens is 398 g/mol. The molecule has 4 heterocycles. The van der Waals surface area contributed by atoms with Crippen LogP contribution in [0.4, 0.5) is 0 Å². The van der Waals surface area contributed by atoms with Crippen LogP contribution in [-0.2, 0) is 11.3 Å². The summed E-state index contributed by atoms with van der Waals surface area (Å²) >= 11 is 1.70. The molecule has 7 nitrogen and oxygen atoms in total. The molecule has 1 aliphatic rings. The fourth-order valence-electron chi connectivity index (χ4n) is 3.57. The highest BCUT2D eigenvalue weighted by Crippen LogP contribution is 2.36. The molecule has 0 atom stereocenters. The number of aryl methyl sites for hydroxylation is 2. The van der Waals surface area contributed by atoms with Crippen LogP contribution >= 0.6 is 11.3 Å². The number of benzene rings is 1. The lowest BCUT2D eigenvalue weighted by Crippen LogP contribution is -2.36. The topological polar surface area (TPSA) is 65.3 Å². The fraction of sp³-hybridized carbons (Fsp3) is 0.318. The molecule has 1 fully saturated rings. The number of fused-ring (bicyclic) bond motifs is 1. The Hall–Kier alpha value is -2.81. The number of hydrogen-bond acceptors (Lipinski definition) is 7. The zero-order valence-electron chi connectivity index (χ0n) is 17.0. The van der Waals surface area contributed by atoms with E-state index in [1.54, 1.807) is 23.9 Å². The van der Waals surface area contributed by atoms with Crippen LogP contribution in [0.3, 0.4) is 0 Å². The highest BCUT2D eigenvalue weighted by atomic mass is 32.1. The molecule has 30 heavy (non-hydrogen) atoms. The van der Waals surface area contributed by atoms with Crippen molar-refractivity contribution in [3.8, 4) is 17.3 Å². The van der Waals surface area contributed by atoms with Gasteiger partial charge in [-0.2, -0.15) is 4.98 Å². The second-order valence-electron chi connectivity index (χ2n) is 7.36. The minimum absolute atomic E-state index is 0.625. The van der Waals surface area contributed by atoms with E-state index < -0.39 is 0 Å². The van der Waals surface area contributed by atoms with Gasteiger partial charge in [-0.25, -0.2) is 9.97 Å². The highest BCUT2D eigenvalue weighted by Gasteiger charge is 2.19. The Morgan fingerprint density at radius 2 is 1.90 bits per heavy atom. The maximum atomic E-state index is 6.28. The van der Waals surface area contributed by atoms with Crippen LogP contribution < -0.4 is 4.74 Å². The number of morpholine rings is 1. The molecule has 0 radical (unpaired) electrons. The van der Waals surface area contributed by atoms with Crippen molar-refractivity contribution >= 4 is 21.6 Å². The van der Waals surface area contributed by atoms with Gasteiger partial charge in [-0.05, 0) is 43.7 Å². The maximum absolute atomic E-state index is 6.28. The maximum Gasteiger partial charge on any atom is 0.231 e. The van der Waals surface area contributed by atoms with E-state index in [0.29, 0.717) is 12.4 Å². The van der Waals surface area contributed by atoms with E-state index in [1.165, 1.54) is 10.4 Å². The summed E-state index contributed by atoms with van der Waals surface area (Å²) < 4.78 is 13.7. The Balaban J connectivity index is 1.47. The molecule has 3 aromatic heterocycles. The van der Waals surface area contributed by atoms with Gasteiger partial charge in [0.25, 0.3) is 0 Å². The van der Waals surface area contributed by atoms with Crippen LogP contribution in [0, 0.1) is 13.8 Å². The second-order valence-corrected chi connectivity index (χ2v) is 8.57. The Morgan fingerprint density at radius 1 is 1.10 bits per heavy atom. The molecule has 4 aromatic rings. The molecular formula is C22H23N5O2S. The van der Waals surface area contributed by atoms with Crippen LogP contribution in [-0.4, -0.2) is 50.7 Å². The normalized spacial score (nSPS) is 15.0. The summed E-state index contributed by atoms with van der Waals surface area (Å²) in [7, 11) is 0. The van der Waals surface area contributed by atoms with Gasteiger partial charge >= 0.3 is 0 Å². The average molecular weight is 422 g/mol. The molecule has 5 rings (SSSR count). The summed E-state index contributed by atoms with van der Waals surface area (Å²) in [6.07, 6.45) is 5.46. The number of imidazole rings is 1. The Kier molecular flexibility index (Phi) is 5.20. The van der Waals surface area contributed by atoms with E-state index in [2.05, 4.69) is 23.7 Å². The quantitative estimate of drug-likeness (QED) is 0.483. The second kappa shape index (κ2) is 8.14. The molecule has 0 aliphatic carbocycles. The lowest BCUT2D eigenvalue weighted by molar-refractivity contribution is 0.0330. The highest BCUT2D eigenvalue weighted by molar-refractivity contribution is 7.18. The van der Waals surface area contributed by atoms with Crippen molar-refractivity contribution in [1.82, 2.24) is 24.4 Å². The van der Waals surface area contributed by atoms with Gasteiger partial charge in [0.05, 0.1) is 31.5 Å². The summed E-state index contributed by atoms with van der Waals surface area (Å²) in [5.74, 6) is 2.16. The third kappa shape index (κ3) is 3.81. The summed E-state index contributed by atoms with van der Waals surface area (Å²) in [5, 5.41) is 1.00. The van der Waals surface area contributed by atoms with Gasteiger partial charge in [-0.1, -0.05) is 0 Å². The summed E-state index contributed by atoms with van der Waals surface area (Å²) in [4.78, 5) is 18.3. The van der Waals surface area contributed by atoms with Crippen molar-refractivity contribution in [2.75, 3.05) is 26.3 Å². The monoisotopic (exact) mass is 421 g/mol. The van der Waals surface area contributed by atoms with E-state index in [-0.39, 0.29) is 0 Å². The SMILES string of the molecule is Cc1sc2nc(CN3CCOCC3)nc(Oc3ccc(-n4ccnc4)cc3)c2c1C. The average Bonchev–Trinajstić information content (AvgIpc) is 3.38. The number of nitrogens with zero attached hydrogens (tertiary/aromatic N) is 5. The van der Waals surface area contributed by atoms with E-state index in [4.69, 9.17) is 19.4 Å². The molecule has 154 valence electrons. The number of rotatable bonds is 5. The smallest absolute Gasteiger partial charge is 0.231 e. The lowest BCUT2D eigenvalue weighted by Gasteiger charge is -2.25. The van der Waals surface area contributed by atoms with E-state index in [9.17, 15) is 0 Å². The number of thiophene rings is 1. The van der Waals surface area contributed by atoms with Crippen LogP contribution in [0.1, 0.15) is 16.3 Å².